The lowest BCUT2D eigenvalue weighted by atomic mass is 10.1. The van der Waals surface area contributed by atoms with Gasteiger partial charge in [-0.15, -0.1) is 0 Å². The summed E-state index contributed by atoms with van der Waals surface area (Å²) in [6.07, 6.45) is 1.73. The molecular formula is C24H29Cl2N3O6S. The van der Waals surface area contributed by atoms with Gasteiger partial charge in [0, 0.05) is 29.2 Å². The van der Waals surface area contributed by atoms with Crippen LogP contribution >= 0.6 is 23.2 Å². The van der Waals surface area contributed by atoms with Gasteiger partial charge in [-0.2, -0.15) is 0 Å². The molecule has 12 heteroatoms. The fourth-order valence-corrected chi connectivity index (χ4v) is 4.92. The molecule has 1 atom stereocenters. The molecule has 1 aliphatic heterocycles. The first-order valence-corrected chi connectivity index (χ1v) is 14.0. The first kappa shape index (κ1) is 27.9. The number of hydrogen-bond acceptors (Lipinski definition) is 6. The monoisotopic (exact) mass is 557 g/mol. The second kappa shape index (κ2) is 12.0. The number of anilines is 1. The molecule has 0 saturated heterocycles. The number of fused-ring (bicyclic) bond motifs is 1. The number of carbonyl (C=O) groups is 2. The summed E-state index contributed by atoms with van der Waals surface area (Å²) < 4.78 is 37.5. The van der Waals surface area contributed by atoms with Gasteiger partial charge in [0.25, 0.3) is 0 Å². The molecule has 1 heterocycles. The number of benzene rings is 2. The summed E-state index contributed by atoms with van der Waals surface area (Å²) in [7, 11) is -3.87. The maximum atomic E-state index is 13.6. The van der Waals surface area contributed by atoms with Crippen LogP contribution in [-0.4, -0.2) is 63.7 Å². The van der Waals surface area contributed by atoms with Gasteiger partial charge in [0.15, 0.2) is 11.5 Å². The number of amides is 2. The van der Waals surface area contributed by atoms with Gasteiger partial charge in [-0.25, -0.2) is 8.42 Å². The summed E-state index contributed by atoms with van der Waals surface area (Å²) in [4.78, 5) is 27.7. The molecule has 2 aromatic carbocycles. The predicted molar refractivity (Wildman–Crippen MR) is 139 cm³/mol. The highest BCUT2D eigenvalue weighted by Crippen LogP contribution is 2.35. The molecule has 36 heavy (non-hydrogen) atoms. The van der Waals surface area contributed by atoms with Crippen molar-refractivity contribution in [2.45, 2.75) is 32.9 Å². The SMILES string of the molecule is CCCNC(=O)C(C)N(Cc1ccc(Cl)cc1Cl)C(=O)CN(c1ccc2c(c1)OCCO2)S(C)(=O)=O. The van der Waals surface area contributed by atoms with E-state index < -0.39 is 28.5 Å². The van der Waals surface area contributed by atoms with E-state index in [9.17, 15) is 18.0 Å². The van der Waals surface area contributed by atoms with Gasteiger partial charge in [0.1, 0.15) is 25.8 Å². The predicted octanol–water partition coefficient (Wildman–Crippen LogP) is 3.47. The Hall–Kier alpha value is -2.69. The van der Waals surface area contributed by atoms with E-state index in [1.54, 1.807) is 37.3 Å². The summed E-state index contributed by atoms with van der Waals surface area (Å²) in [5, 5.41) is 3.53. The normalized spacial score (nSPS) is 13.6. The topological polar surface area (TPSA) is 105 Å². The van der Waals surface area contributed by atoms with Crippen molar-refractivity contribution >= 4 is 50.7 Å². The van der Waals surface area contributed by atoms with Crippen LogP contribution in [0.15, 0.2) is 36.4 Å². The van der Waals surface area contributed by atoms with Crippen molar-refractivity contribution in [1.29, 1.82) is 0 Å². The van der Waals surface area contributed by atoms with Crippen LogP contribution in [0, 0.1) is 0 Å². The summed E-state index contributed by atoms with van der Waals surface area (Å²) in [5.74, 6) is -0.0667. The Balaban J connectivity index is 1.93. The standard InChI is InChI=1S/C24H29Cl2N3O6S/c1-4-9-27-24(31)16(2)28(14-17-5-6-18(25)12-20(17)26)23(30)15-29(36(3,32)33)19-7-8-21-22(13-19)35-11-10-34-21/h5-8,12-13,16H,4,9-11,14-15H2,1-3H3,(H,27,31). The van der Waals surface area contributed by atoms with Crippen molar-refractivity contribution < 1.29 is 27.5 Å². The molecule has 3 rings (SSSR count). The van der Waals surface area contributed by atoms with E-state index in [0.717, 1.165) is 17.0 Å². The summed E-state index contributed by atoms with van der Waals surface area (Å²) >= 11 is 12.3. The minimum Gasteiger partial charge on any atom is -0.486 e. The number of halogens is 2. The Kier molecular flexibility index (Phi) is 9.32. The van der Waals surface area contributed by atoms with Crippen molar-refractivity contribution in [2.75, 3.05) is 36.9 Å². The van der Waals surface area contributed by atoms with Gasteiger partial charge in [0.05, 0.1) is 11.9 Å². The fraction of sp³-hybridized carbons (Fsp3) is 0.417. The Labute approximate surface area is 221 Å². The van der Waals surface area contributed by atoms with Crippen LogP contribution < -0.4 is 19.1 Å². The van der Waals surface area contributed by atoms with Crippen LogP contribution in [0.5, 0.6) is 11.5 Å². The quantitative estimate of drug-likeness (QED) is 0.479. The first-order chi connectivity index (χ1) is 17.0. The molecule has 0 spiro atoms. The first-order valence-electron chi connectivity index (χ1n) is 11.4. The Morgan fingerprint density at radius 2 is 1.78 bits per heavy atom. The minimum absolute atomic E-state index is 0.0196. The highest BCUT2D eigenvalue weighted by atomic mass is 35.5. The van der Waals surface area contributed by atoms with Crippen molar-refractivity contribution in [3.8, 4) is 11.5 Å². The summed E-state index contributed by atoms with van der Waals surface area (Å²) in [5.41, 5.74) is 0.803. The summed E-state index contributed by atoms with van der Waals surface area (Å²) in [6.45, 7) is 4.11. The number of ether oxygens (including phenoxy) is 2. The molecule has 0 bridgehead atoms. The Bertz CT molecular complexity index is 1220. The number of nitrogens with zero attached hydrogens (tertiary/aromatic N) is 2. The van der Waals surface area contributed by atoms with E-state index >= 15 is 0 Å². The van der Waals surface area contributed by atoms with Crippen molar-refractivity contribution in [1.82, 2.24) is 10.2 Å². The van der Waals surface area contributed by atoms with E-state index in [2.05, 4.69) is 5.32 Å². The summed E-state index contributed by atoms with van der Waals surface area (Å²) in [6, 6.07) is 8.60. The van der Waals surface area contributed by atoms with Crippen molar-refractivity contribution in [3.63, 3.8) is 0 Å². The molecule has 9 nitrogen and oxygen atoms in total. The van der Waals surface area contributed by atoms with Gasteiger partial charge in [-0.05, 0) is 43.2 Å². The molecule has 0 aliphatic carbocycles. The molecule has 1 N–H and O–H groups in total. The van der Waals surface area contributed by atoms with E-state index in [0.29, 0.717) is 46.9 Å². The molecule has 2 amide bonds. The zero-order valence-corrected chi connectivity index (χ0v) is 22.6. The van der Waals surface area contributed by atoms with Crippen LogP contribution in [-0.2, 0) is 26.2 Å². The highest BCUT2D eigenvalue weighted by Gasteiger charge is 2.31. The van der Waals surface area contributed by atoms with Crippen molar-refractivity contribution in [3.05, 3.63) is 52.0 Å². The van der Waals surface area contributed by atoms with Crippen LogP contribution in [0.25, 0.3) is 0 Å². The van der Waals surface area contributed by atoms with Crippen LogP contribution in [0.4, 0.5) is 5.69 Å². The third kappa shape index (κ3) is 6.96. The van der Waals surface area contributed by atoms with Crippen LogP contribution in [0.1, 0.15) is 25.8 Å². The number of hydrogen-bond donors (Lipinski definition) is 1. The lowest BCUT2D eigenvalue weighted by Gasteiger charge is -2.32. The Morgan fingerprint density at radius 1 is 1.08 bits per heavy atom. The van der Waals surface area contributed by atoms with Gasteiger partial charge in [0.2, 0.25) is 21.8 Å². The molecule has 1 aliphatic rings. The second-order valence-electron chi connectivity index (χ2n) is 8.32. The van der Waals surface area contributed by atoms with Gasteiger partial charge in [-0.1, -0.05) is 36.2 Å². The molecule has 0 saturated carbocycles. The number of nitrogens with one attached hydrogen (secondary N) is 1. The van der Waals surface area contributed by atoms with E-state index in [4.69, 9.17) is 32.7 Å². The van der Waals surface area contributed by atoms with E-state index in [1.807, 2.05) is 6.92 Å². The smallest absolute Gasteiger partial charge is 0.244 e. The molecule has 1 unspecified atom stereocenters. The maximum Gasteiger partial charge on any atom is 0.244 e. The second-order valence-corrected chi connectivity index (χ2v) is 11.1. The average Bonchev–Trinajstić information content (AvgIpc) is 2.83. The number of carbonyl (C=O) groups excluding carboxylic acids is 2. The van der Waals surface area contributed by atoms with Gasteiger partial charge < -0.3 is 19.7 Å². The van der Waals surface area contributed by atoms with Gasteiger partial charge in [-0.3, -0.25) is 13.9 Å². The van der Waals surface area contributed by atoms with Crippen LogP contribution in [0.3, 0.4) is 0 Å². The lowest BCUT2D eigenvalue weighted by molar-refractivity contribution is -0.139. The molecular weight excluding hydrogens is 529 g/mol. The average molecular weight is 558 g/mol. The molecule has 196 valence electrons. The third-order valence-electron chi connectivity index (χ3n) is 5.57. The number of rotatable bonds is 10. The minimum atomic E-state index is -3.87. The van der Waals surface area contributed by atoms with E-state index in [1.165, 1.54) is 11.0 Å². The molecule has 2 aromatic rings. The largest absolute Gasteiger partial charge is 0.486 e. The third-order valence-corrected chi connectivity index (χ3v) is 7.29. The Morgan fingerprint density at radius 3 is 2.42 bits per heavy atom. The lowest BCUT2D eigenvalue weighted by Crippen LogP contribution is -2.51. The zero-order valence-electron chi connectivity index (χ0n) is 20.3. The van der Waals surface area contributed by atoms with Crippen molar-refractivity contribution in [2.24, 2.45) is 0 Å². The fourth-order valence-electron chi connectivity index (χ4n) is 3.61. The van der Waals surface area contributed by atoms with Crippen LogP contribution in [0.2, 0.25) is 10.0 Å². The highest BCUT2D eigenvalue weighted by molar-refractivity contribution is 7.92. The zero-order chi connectivity index (χ0) is 26.5. The molecule has 0 aromatic heterocycles. The molecule has 0 fully saturated rings. The number of sulfonamides is 1. The van der Waals surface area contributed by atoms with E-state index in [-0.39, 0.29) is 18.1 Å². The molecule has 0 radical (unpaired) electrons. The van der Waals surface area contributed by atoms with Gasteiger partial charge >= 0.3 is 0 Å². The maximum absolute atomic E-state index is 13.6.